The average Bonchev–Trinajstić information content (AvgIpc) is 2.53. The van der Waals surface area contributed by atoms with Gasteiger partial charge < -0.3 is 23.9 Å². The lowest BCUT2D eigenvalue weighted by Gasteiger charge is -2.15. The Labute approximate surface area is 124 Å². The van der Waals surface area contributed by atoms with E-state index in [1.807, 2.05) is 30.3 Å². The van der Waals surface area contributed by atoms with E-state index in [9.17, 15) is 0 Å². The van der Waals surface area contributed by atoms with E-state index in [4.69, 9.17) is 23.9 Å². The van der Waals surface area contributed by atoms with Gasteiger partial charge in [-0.15, -0.1) is 0 Å². The molecule has 109 valence electrons. The van der Waals surface area contributed by atoms with Gasteiger partial charge in [-0.1, -0.05) is 30.3 Å². The number of methoxy groups -OCH3 is 2. The minimum atomic E-state index is 0.382. The molecule has 0 spiro atoms. The third-order valence-corrected chi connectivity index (χ3v) is 2.84. The molecule has 0 aliphatic heterocycles. The Balaban J connectivity index is 2.25. The van der Waals surface area contributed by atoms with Crippen molar-refractivity contribution in [2.75, 3.05) is 14.2 Å². The lowest BCUT2D eigenvalue weighted by molar-refractivity contribution is 0.274. The van der Waals surface area contributed by atoms with Crippen molar-refractivity contribution in [1.29, 1.82) is 0 Å². The zero-order valence-corrected chi connectivity index (χ0v) is 11.9. The predicted molar refractivity (Wildman–Crippen MR) is 78.9 cm³/mol. The van der Waals surface area contributed by atoms with E-state index in [2.05, 4.69) is 0 Å². The third kappa shape index (κ3) is 3.82. The maximum absolute atomic E-state index is 8.75. The first-order valence-corrected chi connectivity index (χ1v) is 6.33. The molecule has 0 saturated heterocycles. The van der Waals surface area contributed by atoms with Crippen LogP contribution < -0.4 is 18.9 Å². The molecule has 2 rings (SSSR count). The van der Waals surface area contributed by atoms with Crippen LogP contribution in [0.15, 0.2) is 42.5 Å². The van der Waals surface area contributed by atoms with Crippen molar-refractivity contribution in [3.63, 3.8) is 0 Å². The molecular formula is C15H16BO5. The summed E-state index contributed by atoms with van der Waals surface area (Å²) in [6.07, 6.45) is 0. The van der Waals surface area contributed by atoms with Crippen molar-refractivity contribution in [2.45, 2.75) is 6.61 Å². The summed E-state index contributed by atoms with van der Waals surface area (Å²) in [5.41, 5.74) is 1.03. The topological polar surface area (TPSA) is 57.2 Å². The lowest BCUT2D eigenvalue weighted by atomic mass is 10.2. The summed E-state index contributed by atoms with van der Waals surface area (Å²) in [6.45, 7) is 0.382. The molecule has 6 heteroatoms. The second-order valence-corrected chi connectivity index (χ2v) is 4.15. The second kappa shape index (κ2) is 7.45. The zero-order chi connectivity index (χ0) is 15.1. The molecule has 0 unspecified atom stereocenters. The highest BCUT2D eigenvalue weighted by Gasteiger charge is 2.15. The maximum atomic E-state index is 8.75. The molecule has 21 heavy (non-hydrogen) atoms. The smallest absolute Gasteiger partial charge is 0.537 e. The third-order valence-electron chi connectivity index (χ3n) is 2.84. The molecule has 0 aliphatic carbocycles. The van der Waals surface area contributed by atoms with Crippen LogP contribution in [-0.2, 0) is 6.61 Å². The molecule has 0 bridgehead atoms. The van der Waals surface area contributed by atoms with Crippen LogP contribution in [0.25, 0.3) is 0 Å². The van der Waals surface area contributed by atoms with Crippen molar-refractivity contribution in [3.05, 3.63) is 48.0 Å². The van der Waals surface area contributed by atoms with Crippen LogP contribution in [0.4, 0.5) is 0 Å². The van der Waals surface area contributed by atoms with Gasteiger partial charge >= 0.3 is 7.69 Å². The molecule has 0 fully saturated rings. The molecule has 0 heterocycles. The van der Waals surface area contributed by atoms with E-state index < -0.39 is 0 Å². The van der Waals surface area contributed by atoms with Crippen molar-refractivity contribution >= 4 is 7.69 Å². The van der Waals surface area contributed by atoms with Crippen molar-refractivity contribution < 1.29 is 23.9 Å². The molecule has 0 atom stereocenters. The Bertz CT molecular complexity index is 574. The van der Waals surface area contributed by atoms with Gasteiger partial charge in [0.1, 0.15) is 12.4 Å². The minimum Gasteiger partial charge on any atom is -0.537 e. The summed E-state index contributed by atoms with van der Waals surface area (Å²) in [5, 5.41) is 8.75. The van der Waals surface area contributed by atoms with Gasteiger partial charge in [0.25, 0.3) is 0 Å². The normalized spacial score (nSPS) is 9.86. The van der Waals surface area contributed by atoms with Gasteiger partial charge in [0.15, 0.2) is 11.5 Å². The van der Waals surface area contributed by atoms with Gasteiger partial charge in [0, 0.05) is 12.1 Å². The van der Waals surface area contributed by atoms with Crippen molar-refractivity contribution in [1.82, 2.24) is 0 Å². The first kappa shape index (κ1) is 15.1. The molecule has 0 aromatic heterocycles. The molecule has 0 aliphatic rings. The van der Waals surface area contributed by atoms with E-state index >= 15 is 0 Å². The Morgan fingerprint density at radius 3 is 2.33 bits per heavy atom. The minimum absolute atomic E-state index is 0.382. The van der Waals surface area contributed by atoms with Crippen LogP contribution in [-0.4, -0.2) is 26.9 Å². The highest BCUT2D eigenvalue weighted by atomic mass is 16.5. The van der Waals surface area contributed by atoms with Gasteiger partial charge in [0.05, 0.1) is 14.2 Å². The van der Waals surface area contributed by atoms with E-state index in [1.54, 1.807) is 12.1 Å². The SMILES string of the molecule is COc1cc(O[B]O)cc(OCc2ccccc2)c1OC. The number of ether oxygens (including phenoxy) is 3. The van der Waals surface area contributed by atoms with Gasteiger partial charge in [-0.3, -0.25) is 0 Å². The molecule has 2 aromatic rings. The first-order valence-electron chi connectivity index (χ1n) is 6.33. The molecule has 0 saturated carbocycles. The van der Waals surface area contributed by atoms with Crippen molar-refractivity contribution in [3.8, 4) is 23.0 Å². The van der Waals surface area contributed by atoms with Crippen molar-refractivity contribution in [2.24, 2.45) is 0 Å². The summed E-state index contributed by atoms with van der Waals surface area (Å²) in [5.74, 6) is 1.79. The lowest BCUT2D eigenvalue weighted by Crippen LogP contribution is -2.03. The zero-order valence-electron chi connectivity index (χ0n) is 11.9. The average molecular weight is 287 g/mol. The van der Waals surface area contributed by atoms with E-state index in [1.165, 1.54) is 14.2 Å². The van der Waals surface area contributed by atoms with Crippen LogP contribution >= 0.6 is 0 Å². The van der Waals surface area contributed by atoms with E-state index in [-0.39, 0.29) is 0 Å². The molecule has 1 radical (unpaired) electrons. The number of benzene rings is 2. The fourth-order valence-electron chi connectivity index (χ4n) is 1.88. The highest BCUT2D eigenvalue weighted by Crippen LogP contribution is 2.41. The van der Waals surface area contributed by atoms with Crippen LogP contribution in [0.2, 0.25) is 0 Å². The molecule has 5 nitrogen and oxygen atoms in total. The molecule has 1 N–H and O–H groups in total. The van der Waals surface area contributed by atoms with E-state index in [0.717, 1.165) is 5.56 Å². The van der Waals surface area contributed by atoms with E-state index in [0.29, 0.717) is 37.3 Å². The Morgan fingerprint density at radius 2 is 1.71 bits per heavy atom. The largest absolute Gasteiger partial charge is 0.569 e. The van der Waals surface area contributed by atoms with Gasteiger partial charge in [-0.25, -0.2) is 0 Å². The standard InChI is InChI=1S/C15H16BO5/c1-18-13-8-12(21-16-17)9-14(15(13)19-2)20-10-11-6-4-3-5-7-11/h3-9,17H,10H2,1-2H3. The van der Waals surface area contributed by atoms with Crippen LogP contribution in [0.5, 0.6) is 23.0 Å². The highest BCUT2D eigenvalue weighted by molar-refractivity contribution is 6.17. The summed E-state index contributed by atoms with van der Waals surface area (Å²) >= 11 is 0. The summed E-state index contributed by atoms with van der Waals surface area (Å²) in [7, 11) is 3.65. The molecule has 2 aromatic carbocycles. The number of rotatable bonds is 7. The van der Waals surface area contributed by atoms with Crippen LogP contribution in [0, 0.1) is 0 Å². The Morgan fingerprint density at radius 1 is 1.00 bits per heavy atom. The predicted octanol–water partition coefficient (Wildman–Crippen LogP) is 2.19. The van der Waals surface area contributed by atoms with Gasteiger partial charge in [0.2, 0.25) is 5.75 Å². The Hall–Kier alpha value is -2.34. The van der Waals surface area contributed by atoms with Crippen LogP contribution in [0.1, 0.15) is 5.56 Å². The fourth-order valence-corrected chi connectivity index (χ4v) is 1.88. The number of hydrogen-bond donors (Lipinski definition) is 1. The van der Waals surface area contributed by atoms with Gasteiger partial charge in [-0.2, -0.15) is 0 Å². The fraction of sp³-hybridized carbons (Fsp3) is 0.200. The summed E-state index contributed by atoms with van der Waals surface area (Å²) in [6, 6.07) is 13.0. The summed E-state index contributed by atoms with van der Waals surface area (Å²) in [4.78, 5) is 0. The van der Waals surface area contributed by atoms with Gasteiger partial charge in [-0.05, 0) is 5.56 Å². The van der Waals surface area contributed by atoms with Crippen LogP contribution in [0.3, 0.4) is 0 Å². The second-order valence-electron chi connectivity index (χ2n) is 4.15. The molecule has 0 amide bonds. The first-order chi connectivity index (χ1) is 10.3. The molecular weight excluding hydrogens is 271 g/mol. The quantitative estimate of drug-likeness (QED) is 0.791. The number of hydrogen-bond acceptors (Lipinski definition) is 5. The Kier molecular flexibility index (Phi) is 5.34. The monoisotopic (exact) mass is 287 g/mol. The summed E-state index contributed by atoms with van der Waals surface area (Å²) < 4.78 is 21.3. The maximum Gasteiger partial charge on any atom is 0.569 e.